The molecule has 0 unspecified atom stereocenters. The predicted molar refractivity (Wildman–Crippen MR) is 158 cm³/mol. The zero-order valence-corrected chi connectivity index (χ0v) is 22.3. The van der Waals surface area contributed by atoms with Gasteiger partial charge in [0.2, 0.25) is 0 Å². The summed E-state index contributed by atoms with van der Waals surface area (Å²) in [5.41, 5.74) is 2.65. The van der Waals surface area contributed by atoms with Gasteiger partial charge in [0.05, 0.1) is 22.8 Å². The fourth-order valence-electron chi connectivity index (χ4n) is 5.23. The average molecular weight is 562 g/mol. The van der Waals surface area contributed by atoms with Gasteiger partial charge in [-0.05, 0) is 35.4 Å². The summed E-state index contributed by atoms with van der Waals surface area (Å²) in [6, 6.07) is 20.0. The highest BCUT2D eigenvalue weighted by Crippen LogP contribution is 2.40. The highest BCUT2D eigenvalue weighted by atomic mass is 35.5. The molecule has 0 radical (unpaired) electrons. The lowest BCUT2D eigenvalue weighted by molar-refractivity contribution is -0.121. The van der Waals surface area contributed by atoms with E-state index in [0.717, 1.165) is 26.5 Å². The number of hydrogen-bond donors (Lipinski definition) is 1. The summed E-state index contributed by atoms with van der Waals surface area (Å²) < 4.78 is 6.74. The van der Waals surface area contributed by atoms with E-state index in [-0.39, 0.29) is 12.5 Å². The number of ether oxygens (including phenoxy) is 1. The molecule has 1 aliphatic heterocycles. The van der Waals surface area contributed by atoms with E-state index in [2.05, 4.69) is 15.0 Å². The second-order valence-electron chi connectivity index (χ2n) is 9.66. The molecule has 4 heterocycles. The molecule has 7 rings (SSSR count). The number of amides is 1. The van der Waals surface area contributed by atoms with Crippen molar-refractivity contribution < 1.29 is 9.53 Å². The number of rotatable bonds is 3. The number of aromatic amines is 1. The third kappa shape index (κ3) is 3.97. The van der Waals surface area contributed by atoms with Crippen LogP contribution in [0.4, 0.5) is 5.82 Å². The molecule has 0 fully saturated rings. The SMILES string of the molecule is CN1C(=O)COc2cc(-c3cccc(Cl)c3-c3ccc4c(=O)n(-c5cncc6ccccc56)c(=O)[nH]c4c3)cnc21. The van der Waals surface area contributed by atoms with Crippen LogP contribution >= 0.6 is 11.6 Å². The van der Waals surface area contributed by atoms with Crippen molar-refractivity contribution in [2.45, 2.75) is 0 Å². The van der Waals surface area contributed by atoms with Gasteiger partial charge in [0.25, 0.3) is 11.5 Å². The monoisotopic (exact) mass is 561 g/mol. The van der Waals surface area contributed by atoms with Crippen LogP contribution in [-0.2, 0) is 4.79 Å². The molecule has 10 heteroatoms. The van der Waals surface area contributed by atoms with Gasteiger partial charge in [-0.25, -0.2) is 14.3 Å². The lowest BCUT2D eigenvalue weighted by Gasteiger charge is -2.25. The Morgan fingerprint density at radius 3 is 2.63 bits per heavy atom. The molecular weight excluding hydrogens is 542 g/mol. The van der Waals surface area contributed by atoms with E-state index in [1.165, 1.54) is 11.1 Å². The summed E-state index contributed by atoms with van der Waals surface area (Å²) in [4.78, 5) is 51.9. The van der Waals surface area contributed by atoms with Crippen LogP contribution in [0.25, 0.3) is 49.6 Å². The molecule has 1 N–H and O–H groups in total. The van der Waals surface area contributed by atoms with Crippen molar-refractivity contribution in [1.82, 2.24) is 19.5 Å². The van der Waals surface area contributed by atoms with Gasteiger partial charge in [-0.2, -0.15) is 0 Å². The molecule has 0 bridgehead atoms. The van der Waals surface area contributed by atoms with Crippen LogP contribution in [0.5, 0.6) is 5.75 Å². The fourth-order valence-corrected chi connectivity index (χ4v) is 5.51. The molecule has 3 aromatic carbocycles. The number of nitrogens with one attached hydrogen (secondary N) is 1. The summed E-state index contributed by atoms with van der Waals surface area (Å²) in [7, 11) is 1.65. The molecule has 3 aromatic heterocycles. The van der Waals surface area contributed by atoms with Crippen LogP contribution in [0.2, 0.25) is 5.02 Å². The summed E-state index contributed by atoms with van der Waals surface area (Å²) >= 11 is 6.72. The Hall–Kier alpha value is -5.28. The van der Waals surface area contributed by atoms with E-state index in [0.29, 0.717) is 44.3 Å². The lowest BCUT2D eigenvalue weighted by Crippen LogP contribution is -2.36. The van der Waals surface area contributed by atoms with Gasteiger partial charge < -0.3 is 9.72 Å². The number of nitrogens with zero attached hydrogens (tertiary/aromatic N) is 4. The topological polar surface area (TPSA) is 110 Å². The van der Waals surface area contributed by atoms with Gasteiger partial charge >= 0.3 is 5.69 Å². The third-order valence-corrected chi connectivity index (χ3v) is 7.59. The minimum atomic E-state index is -0.577. The van der Waals surface area contributed by atoms with E-state index >= 15 is 0 Å². The number of carbonyl (C=O) groups is 1. The number of fused-ring (bicyclic) bond motifs is 3. The summed E-state index contributed by atoms with van der Waals surface area (Å²) in [5, 5.41) is 2.38. The molecule has 9 nitrogen and oxygen atoms in total. The van der Waals surface area contributed by atoms with E-state index in [9.17, 15) is 14.4 Å². The van der Waals surface area contributed by atoms with Crippen molar-refractivity contribution >= 4 is 45.0 Å². The summed E-state index contributed by atoms with van der Waals surface area (Å²) in [6.45, 7) is -0.0680. The van der Waals surface area contributed by atoms with Crippen LogP contribution in [0.15, 0.2) is 94.9 Å². The molecule has 0 aliphatic carbocycles. The number of H-pyrrole nitrogens is 1. The first-order chi connectivity index (χ1) is 19.9. The first-order valence-electron chi connectivity index (χ1n) is 12.7. The molecule has 41 heavy (non-hydrogen) atoms. The molecule has 1 amide bonds. The highest BCUT2D eigenvalue weighted by Gasteiger charge is 2.25. The van der Waals surface area contributed by atoms with Crippen molar-refractivity contribution in [2.24, 2.45) is 0 Å². The second kappa shape index (κ2) is 9.42. The number of carbonyl (C=O) groups excluding carboxylic acids is 1. The maximum Gasteiger partial charge on any atom is 0.333 e. The van der Waals surface area contributed by atoms with Gasteiger partial charge in [0.1, 0.15) is 0 Å². The molecular formula is C31H20ClN5O4. The van der Waals surface area contributed by atoms with Crippen LogP contribution in [0.1, 0.15) is 0 Å². The summed E-state index contributed by atoms with van der Waals surface area (Å²) in [5.74, 6) is 0.749. The molecule has 200 valence electrons. The molecule has 0 saturated heterocycles. The Kier molecular flexibility index (Phi) is 5.69. The molecule has 0 atom stereocenters. The molecule has 6 aromatic rings. The molecule has 1 aliphatic rings. The first-order valence-corrected chi connectivity index (χ1v) is 13.1. The molecule has 0 saturated carbocycles. The van der Waals surface area contributed by atoms with Crippen LogP contribution in [-0.4, -0.2) is 39.1 Å². The van der Waals surface area contributed by atoms with Gasteiger partial charge in [0, 0.05) is 46.4 Å². The summed E-state index contributed by atoms with van der Waals surface area (Å²) in [6.07, 6.45) is 4.86. The van der Waals surface area contributed by atoms with E-state index in [1.807, 2.05) is 42.5 Å². The van der Waals surface area contributed by atoms with Crippen LogP contribution in [0.3, 0.4) is 0 Å². The quantitative estimate of drug-likeness (QED) is 0.327. The Balaban J connectivity index is 1.38. The van der Waals surface area contributed by atoms with Crippen LogP contribution in [0, 0.1) is 0 Å². The first kappa shape index (κ1) is 24.7. The molecule has 0 spiro atoms. The fraction of sp³-hybridized carbons (Fsp3) is 0.0645. The van der Waals surface area contributed by atoms with Gasteiger partial charge in [0.15, 0.2) is 18.2 Å². The zero-order chi connectivity index (χ0) is 28.2. The van der Waals surface area contributed by atoms with Crippen molar-refractivity contribution in [3.05, 3.63) is 111 Å². The third-order valence-electron chi connectivity index (χ3n) is 7.27. The Labute approximate surface area is 237 Å². The largest absolute Gasteiger partial charge is 0.480 e. The van der Waals surface area contributed by atoms with Crippen molar-refractivity contribution in [1.29, 1.82) is 0 Å². The Bertz CT molecular complexity index is 2170. The number of hydrogen-bond acceptors (Lipinski definition) is 6. The van der Waals surface area contributed by atoms with Crippen molar-refractivity contribution in [3.63, 3.8) is 0 Å². The maximum atomic E-state index is 13.6. The van der Waals surface area contributed by atoms with Gasteiger partial charge in [-0.1, -0.05) is 54.1 Å². The predicted octanol–water partition coefficient (Wildman–Crippen LogP) is 4.96. The van der Waals surface area contributed by atoms with Crippen molar-refractivity contribution in [2.75, 3.05) is 18.6 Å². The zero-order valence-electron chi connectivity index (χ0n) is 21.6. The van der Waals surface area contributed by atoms with Gasteiger partial charge in [-0.3, -0.25) is 19.5 Å². The number of pyridine rings is 2. The Morgan fingerprint density at radius 1 is 0.902 bits per heavy atom. The second-order valence-corrected chi connectivity index (χ2v) is 10.1. The van der Waals surface area contributed by atoms with Crippen LogP contribution < -0.4 is 20.9 Å². The number of anilines is 1. The van der Waals surface area contributed by atoms with E-state index in [4.69, 9.17) is 16.3 Å². The van der Waals surface area contributed by atoms with Crippen molar-refractivity contribution in [3.8, 4) is 33.7 Å². The highest BCUT2D eigenvalue weighted by molar-refractivity contribution is 6.34. The lowest BCUT2D eigenvalue weighted by atomic mass is 9.94. The average Bonchev–Trinajstić information content (AvgIpc) is 2.98. The minimum Gasteiger partial charge on any atom is -0.480 e. The van der Waals surface area contributed by atoms with Gasteiger partial charge in [-0.15, -0.1) is 0 Å². The van der Waals surface area contributed by atoms with E-state index < -0.39 is 11.2 Å². The minimum absolute atomic E-state index is 0.0680. The van der Waals surface area contributed by atoms with E-state index in [1.54, 1.807) is 43.7 Å². The number of likely N-dealkylation sites (N-methyl/N-ethyl adjacent to an activating group) is 1. The number of benzene rings is 3. The Morgan fingerprint density at radius 2 is 1.76 bits per heavy atom. The smallest absolute Gasteiger partial charge is 0.333 e. The maximum absolute atomic E-state index is 13.6. The standard InChI is InChI=1S/C31H20ClN5O4/c1-36-27(38)16-41-26-12-19(14-34-29(26)36)21-7-4-8-23(32)28(21)17-9-10-22-24(11-17)35-31(40)37(30(22)39)25-15-33-13-18-5-2-3-6-20(18)25/h2-15H,16H2,1H3,(H,35,40). The normalized spacial score (nSPS) is 12.9. The number of halogens is 1. The number of aromatic nitrogens is 4.